The monoisotopic (exact) mass is 540 g/mol. The van der Waals surface area contributed by atoms with Crippen molar-refractivity contribution >= 4 is 23.3 Å². The number of carbonyl (C=O) groups excluding carboxylic acids is 1. The lowest BCUT2D eigenvalue weighted by Gasteiger charge is -2.40. The van der Waals surface area contributed by atoms with Gasteiger partial charge in [-0.2, -0.15) is 0 Å². The summed E-state index contributed by atoms with van der Waals surface area (Å²) in [6.45, 7) is 8.51. The Morgan fingerprint density at radius 3 is 1.74 bits per heavy atom. The molecule has 4 nitrogen and oxygen atoms in total. The number of halogens is 1. The van der Waals surface area contributed by atoms with Crippen LogP contribution in [-0.4, -0.2) is 30.1 Å². The number of nitrogens with zero attached hydrogens (tertiary/aromatic N) is 2. The summed E-state index contributed by atoms with van der Waals surface area (Å²) in [6.07, 6.45) is 1.77. The summed E-state index contributed by atoms with van der Waals surface area (Å²) in [7, 11) is 0. The van der Waals surface area contributed by atoms with Crippen LogP contribution in [0.25, 0.3) is 0 Å². The van der Waals surface area contributed by atoms with E-state index in [0.717, 1.165) is 54.2 Å². The Labute approximate surface area is 238 Å². The third-order valence-electron chi connectivity index (χ3n) is 7.41. The minimum atomic E-state index is -0.419. The third kappa shape index (κ3) is 8.44. The van der Waals surface area contributed by atoms with Gasteiger partial charge in [-0.15, -0.1) is 0 Å². The van der Waals surface area contributed by atoms with Crippen molar-refractivity contribution in [3.8, 4) is 0 Å². The highest BCUT2D eigenvalue weighted by Crippen LogP contribution is 2.24. The molecule has 2 N–H and O–H groups in total. The molecule has 4 aromatic carbocycles. The number of benzene rings is 4. The van der Waals surface area contributed by atoms with E-state index in [-0.39, 0.29) is 0 Å². The number of hydrogen-bond acceptors (Lipinski definition) is 1. The molecular weight excluding hydrogens is 502 g/mol. The van der Waals surface area contributed by atoms with Crippen molar-refractivity contribution in [3.05, 3.63) is 136 Å². The average Bonchev–Trinajstić information content (AvgIpc) is 2.94. The molecule has 0 aliphatic rings. The molecule has 0 aliphatic heterocycles. The molecule has 202 valence electrons. The summed E-state index contributed by atoms with van der Waals surface area (Å²) in [4.78, 5) is 14.1. The quantitative estimate of drug-likeness (QED) is 0.184. The maximum atomic E-state index is 12.4. The normalized spacial score (nSPS) is 11.4. The predicted octanol–water partition coefficient (Wildman–Crippen LogP) is 7.69. The van der Waals surface area contributed by atoms with Crippen molar-refractivity contribution in [2.45, 2.75) is 39.8 Å². The van der Waals surface area contributed by atoms with Gasteiger partial charge in [0, 0.05) is 41.2 Å². The highest BCUT2D eigenvalue weighted by molar-refractivity contribution is 6.30. The minimum Gasteiger partial charge on any atom is -0.351 e. The topological polar surface area (TPSA) is 46.3 Å². The Balaban J connectivity index is 1.63. The van der Waals surface area contributed by atoms with Crippen LogP contribution in [0.15, 0.2) is 103 Å². The molecule has 0 unspecified atom stereocenters. The standard InChI is InChI=1S/C34H38ClN3O/c1-27-9-13-30(14-10-27)25-38(26-31-15-11-28(2)12-16-31,24-21-29-17-19-32(35)20-18-29)23-6-22-37(34(36)39)33-7-4-3-5-8-33/h3-5,7-20H,6,21-26H2,1-2H3,(H-,36,39)/p+1. The Morgan fingerprint density at radius 1 is 0.718 bits per heavy atom. The summed E-state index contributed by atoms with van der Waals surface area (Å²) in [6, 6.07) is 35.2. The molecule has 0 saturated heterocycles. The van der Waals surface area contributed by atoms with Crippen molar-refractivity contribution in [1.82, 2.24) is 0 Å². The molecule has 0 spiro atoms. The minimum absolute atomic E-state index is 0.419. The molecule has 0 fully saturated rings. The number of urea groups is 1. The third-order valence-corrected chi connectivity index (χ3v) is 7.67. The number of amides is 2. The fourth-order valence-corrected chi connectivity index (χ4v) is 5.33. The van der Waals surface area contributed by atoms with Gasteiger partial charge in [-0.3, -0.25) is 4.90 Å². The van der Waals surface area contributed by atoms with E-state index in [2.05, 4.69) is 74.5 Å². The lowest BCUT2D eigenvalue weighted by Crippen LogP contribution is -2.50. The van der Waals surface area contributed by atoms with Gasteiger partial charge in [0.2, 0.25) is 0 Å². The first-order chi connectivity index (χ1) is 18.8. The van der Waals surface area contributed by atoms with Gasteiger partial charge in [0.05, 0.1) is 13.1 Å². The molecule has 2 amide bonds. The van der Waals surface area contributed by atoms with Crippen molar-refractivity contribution in [2.24, 2.45) is 5.73 Å². The van der Waals surface area contributed by atoms with Gasteiger partial charge in [-0.25, -0.2) is 4.79 Å². The molecule has 0 heterocycles. The number of para-hydroxylation sites is 1. The highest BCUT2D eigenvalue weighted by Gasteiger charge is 2.29. The second kappa shape index (κ2) is 13.5. The summed E-state index contributed by atoms with van der Waals surface area (Å²) in [5.41, 5.74) is 13.1. The first kappa shape index (κ1) is 28.4. The fraction of sp³-hybridized carbons (Fsp3) is 0.265. The van der Waals surface area contributed by atoms with E-state index >= 15 is 0 Å². The zero-order valence-corrected chi connectivity index (χ0v) is 23.8. The van der Waals surface area contributed by atoms with Gasteiger partial charge in [-0.05, 0) is 43.7 Å². The smallest absolute Gasteiger partial charge is 0.319 e. The van der Waals surface area contributed by atoms with Gasteiger partial charge < -0.3 is 10.2 Å². The highest BCUT2D eigenvalue weighted by atomic mass is 35.5. The van der Waals surface area contributed by atoms with E-state index in [0.29, 0.717) is 6.54 Å². The Morgan fingerprint density at radius 2 is 1.23 bits per heavy atom. The number of rotatable bonds is 12. The molecule has 39 heavy (non-hydrogen) atoms. The van der Waals surface area contributed by atoms with Crippen LogP contribution in [0.4, 0.5) is 10.5 Å². The zero-order valence-electron chi connectivity index (χ0n) is 23.0. The van der Waals surface area contributed by atoms with Crippen LogP contribution in [-0.2, 0) is 19.5 Å². The molecule has 0 aromatic heterocycles. The number of anilines is 1. The maximum Gasteiger partial charge on any atom is 0.319 e. The van der Waals surface area contributed by atoms with Gasteiger partial charge >= 0.3 is 6.03 Å². The van der Waals surface area contributed by atoms with Crippen LogP contribution in [0.2, 0.25) is 5.02 Å². The fourth-order valence-electron chi connectivity index (χ4n) is 5.20. The Bertz CT molecular complexity index is 1270. The molecule has 0 aliphatic carbocycles. The Kier molecular flexibility index (Phi) is 9.80. The van der Waals surface area contributed by atoms with Crippen molar-refractivity contribution < 1.29 is 9.28 Å². The van der Waals surface area contributed by atoms with Crippen LogP contribution in [0.1, 0.15) is 34.2 Å². The first-order valence-electron chi connectivity index (χ1n) is 13.6. The van der Waals surface area contributed by atoms with Crippen LogP contribution in [0, 0.1) is 13.8 Å². The van der Waals surface area contributed by atoms with E-state index in [4.69, 9.17) is 17.3 Å². The van der Waals surface area contributed by atoms with E-state index in [1.165, 1.54) is 27.8 Å². The SMILES string of the molecule is Cc1ccc(C[N+](CCCN(C(N)=O)c2ccccc2)(CCc2ccc(Cl)cc2)Cc2ccc(C)cc2)cc1. The molecule has 0 atom stereocenters. The van der Waals surface area contributed by atoms with Crippen molar-refractivity contribution in [1.29, 1.82) is 0 Å². The van der Waals surface area contributed by atoms with Crippen LogP contribution < -0.4 is 10.6 Å². The molecule has 5 heteroatoms. The van der Waals surface area contributed by atoms with Crippen LogP contribution in [0.5, 0.6) is 0 Å². The summed E-state index contributed by atoms with van der Waals surface area (Å²) >= 11 is 6.17. The van der Waals surface area contributed by atoms with Crippen LogP contribution >= 0.6 is 11.6 Å². The second-order valence-electron chi connectivity index (χ2n) is 10.6. The number of primary amides is 1. The average molecular weight is 541 g/mol. The van der Waals surface area contributed by atoms with Crippen molar-refractivity contribution in [3.63, 3.8) is 0 Å². The number of aryl methyl sites for hydroxylation is 2. The number of quaternary nitrogens is 1. The summed E-state index contributed by atoms with van der Waals surface area (Å²) in [5, 5.41) is 0.756. The van der Waals surface area contributed by atoms with Crippen LogP contribution in [0.3, 0.4) is 0 Å². The van der Waals surface area contributed by atoms with Gasteiger partial charge in [0.15, 0.2) is 0 Å². The molecule has 4 aromatic rings. The lowest BCUT2D eigenvalue weighted by atomic mass is 10.0. The number of hydrogen-bond donors (Lipinski definition) is 1. The van der Waals surface area contributed by atoms with Gasteiger partial charge in [-0.1, -0.05) is 102 Å². The van der Waals surface area contributed by atoms with E-state index in [1.807, 2.05) is 42.5 Å². The van der Waals surface area contributed by atoms with Gasteiger partial charge in [0.25, 0.3) is 0 Å². The summed E-state index contributed by atoms with van der Waals surface area (Å²) in [5.74, 6) is 0. The lowest BCUT2D eigenvalue weighted by molar-refractivity contribution is -0.953. The first-order valence-corrected chi connectivity index (χ1v) is 14.0. The molecule has 0 radical (unpaired) electrons. The molecule has 0 bridgehead atoms. The largest absolute Gasteiger partial charge is 0.351 e. The maximum absolute atomic E-state index is 12.4. The molecule has 0 saturated carbocycles. The molecule has 4 rings (SSSR count). The second-order valence-corrected chi connectivity index (χ2v) is 11.1. The Hall–Kier alpha value is -3.60. The predicted molar refractivity (Wildman–Crippen MR) is 163 cm³/mol. The van der Waals surface area contributed by atoms with E-state index in [1.54, 1.807) is 4.90 Å². The summed E-state index contributed by atoms with van der Waals surface area (Å²) < 4.78 is 0.871. The number of nitrogens with two attached hydrogens (primary N) is 1. The molecular formula is C34H39ClN3O+. The van der Waals surface area contributed by atoms with Crippen molar-refractivity contribution in [2.75, 3.05) is 24.5 Å². The van der Waals surface area contributed by atoms with E-state index in [9.17, 15) is 4.79 Å². The van der Waals surface area contributed by atoms with Gasteiger partial charge in [0.1, 0.15) is 13.1 Å². The van der Waals surface area contributed by atoms with E-state index < -0.39 is 6.03 Å². The number of carbonyl (C=O) groups is 1. The zero-order chi connectivity index (χ0) is 27.7.